The number of hydrogen-bond donors (Lipinski definition) is 2. The van der Waals surface area contributed by atoms with E-state index < -0.39 is 0 Å². The van der Waals surface area contributed by atoms with Crippen molar-refractivity contribution < 1.29 is 4.79 Å². The number of carbonyl (C=O) groups excluding carboxylic acids is 1. The Hall–Kier alpha value is -0.570. The van der Waals surface area contributed by atoms with E-state index >= 15 is 0 Å². The number of nitrogens with one attached hydrogen (secondary N) is 2. The number of likely N-dealkylation sites (N-methyl/N-ethyl adjacent to an activating group) is 1. The van der Waals surface area contributed by atoms with Crippen LogP contribution in [0.4, 0.5) is 0 Å². The van der Waals surface area contributed by atoms with Gasteiger partial charge in [0, 0.05) is 6.04 Å². The molecule has 0 aromatic rings. The molecule has 1 amide bonds. The van der Waals surface area contributed by atoms with Gasteiger partial charge in [0.1, 0.15) is 0 Å². The summed E-state index contributed by atoms with van der Waals surface area (Å²) >= 11 is 0. The normalized spacial score (nSPS) is 20.4. The fourth-order valence-electron chi connectivity index (χ4n) is 2.22. The zero-order valence-corrected chi connectivity index (χ0v) is 9.31. The van der Waals surface area contributed by atoms with Crippen molar-refractivity contribution in [3.05, 3.63) is 0 Å². The maximum absolute atomic E-state index is 11.3. The first kappa shape index (κ1) is 11.5. The second-order valence-electron chi connectivity index (χ2n) is 4.28. The van der Waals surface area contributed by atoms with Gasteiger partial charge >= 0.3 is 0 Å². The van der Waals surface area contributed by atoms with Crippen LogP contribution < -0.4 is 10.6 Å². The molecule has 0 spiro atoms. The summed E-state index contributed by atoms with van der Waals surface area (Å²) < 4.78 is 0. The van der Waals surface area contributed by atoms with Gasteiger partial charge in [0.05, 0.1) is 6.54 Å². The molecular weight excluding hydrogens is 176 g/mol. The summed E-state index contributed by atoms with van der Waals surface area (Å²) in [5.41, 5.74) is 0. The summed E-state index contributed by atoms with van der Waals surface area (Å²) in [6.45, 7) is 2.56. The molecular formula is C11H22N2O. The Labute approximate surface area is 86.6 Å². The van der Waals surface area contributed by atoms with Gasteiger partial charge in [0.25, 0.3) is 0 Å². The summed E-state index contributed by atoms with van der Waals surface area (Å²) in [4.78, 5) is 11.3. The van der Waals surface area contributed by atoms with Crippen molar-refractivity contribution in [2.75, 3.05) is 13.6 Å². The SMILES string of the molecule is CNCC(=O)NC(C)C1CCCCC1. The van der Waals surface area contributed by atoms with E-state index in [1.165, 1.54) is 32.1 Å². The summed E-state index contributed by atoms with van der Waals surface area (Å²) in [6, 6.07) is 0.344. The first-order chi connectivity index (χ1) is 6.74. The maximum Gasteiger partial charge on any atom is 0.234 e. The zero-order valence-electron chi connectivity index (χ0n) is 9.31. The molecule has 1 fully saturated rings. The molecule has 1 aliphatic carbocycles. The van der Waals surface area contributed by atoms with Gasteiger partial charge in [-0.1, -0.05) is 19.3 Å². The second-order valence-corrected chi connectivity index (χ2v) is 4.28. The van der Waals surface area contributed by atoms with Crippen LogP contribution >= 0.6 is 0 Å². The molecule has 0 aromatic heterocycles. The summed E-state index contributed by atoms with van der Waals surface area (Å²) in [5.74, 6) is 0.815. The molecule has 0 aliphatic heterocycles. The fraction of sp³-hybridized carbons (Fsp3) is 0.909. The smallest absolute Gasteiger partial charge is 0.234 e. The Morgan fingerprint density at radius 3 is 2.57 bits per heavy atom. The van der Waals surface area contributed by atoms with E-state index in [2.05, 4.69) is 17.6 Å². The minimum absolute atomic E-state index is 0.116. The highest BCUT2D eigenvalue weighted by atomic mass is 16.1. The first-order valence-electron chi connectivity index (χ1n) is 5.68. The Morgan fingerprint density at radius 1 is 1.36 bits per heavy atom. The van der Waals surface area contributed by atoms with Gasteiger partial charge in [-0.3, -0.25) is 4.79 Å². The molecule has 0 bridgehead atoms. The summed E-state index contributed by atoms with van der Waals surface area (Å²) in [7, 11) is 1.80. The lowest BCUT2D eigenvalue weighted by Gasteiger charge is -2.28. The topological polar surface area (TPSA) is 41.1 Å². The van der Waals surface area contributed by atoms with Crippen molar-refractivity contribution in [1.29, 1.82) is 0 Å². The lowest BCUT2D eigenvalue weighted by atomic mass is 9.84. The number of hydrogen-bond acceptors (Lipinski definition) is 2. The van der Waals surface area contributed by atoms with Gasteiger partial charge in [0.2, 0.25) is 5.91 Å². The van der Waals surface area contributed by atoms with Gasteiger partial charge in [-0.2, -0.15) is 0 Å². The van der Waals surface area contributed by atoms with Crippen LogP contribution in [0.1, 0.15) is 39.0 Å². The summed E-state index contributed by atoms with van der Waals surface area (Å²) in [5, 5.41) is 5.91. The Balaban J connectivity index is 2.25. The highest BCUT2D eigenvalue weighted by Crippen LogP contribution is 2.26. The van der Waals surface area contributed by atoms with Crippen LogP contribution in [0.25, 0.3) is 0 Å². The predicted octanol–water partition coefficient (Wildman–Crippen LogP) is 1.29. The van der Waals surface area contributed by atoms with Crippen molar-refractivity contribution >= 4 is 5.91 Å². The third-order valence-corrected chi connectivity index (χ3v) is 3.08. The highest BCUT2D eigenvalue weighted by Gasteiger charge is 2.20. The molecule has 2 N–H and O–H groups in total. The number of amides is 1. The molecule has 0 aromatic carbocycles. The lowest BCUT2D eigenvalue weighted by molar-refractivity contribution is -0.121. The molecule has 1 atom stereocenters. The van der Waals surface area contributed by atoms with Gasteiger partial charge in [-0.15, -0.1) is 0 Å². The van der Waals surface area contributed by atoms with Crippen LogP contribution in [-0.2, 0) is 4.79 Å². The lowest BCUT2D eigenvalue weighted by Crippen LogP contribution is -2.42. The molecule has 3 heteroatoms. The van der Waals surface area contributed by atoms with Crippen molar-refractivity contribution in [2.45, 2.75) is 45.1 Å². The Bertz CT molecular complexity index is 176. The van der Waals surface area contributed by atoms with Crippen LogP contribution in [-0.4, -0.2) is 25.5 Å². The third-order valence-electron chi connectivity index (χ3n) is 3.08. The van der Waals surface area contributed by atoms with Crippen LogP contribution in [0.3, 0.4) is 0 Å². The van der Waals surface area contributed by atoms with Gasteiger partial charge in [-0.05, 0) is 32.7 Å². The molecule has 1 unspecified atom stereocenters. The molecule has 0 heterocycles. The van der Waals surface area contributed by atoms with E-state index in [4.69, 9.17) is 0 Å². The molecule has 1 aliphatic rings. The zero-order chi connectivity index (χ0) is 10.4. The van der Waals surface area contributed by atoms with Crippen LogP contribution in [0.2, 0.25) is 0 Å². The van der Waals surface area contributed by atoms with Crippen molar-refractivity contribution in [1.82, 2.24) is 10.6 Å². The van der Waals surface area contributed by atoms with E-state index in [9.17, 15) is 4.79 Å². The van der Waals surface area contributed by atoms with Crippen LogP contribution in [0, 0.1) is 5.92 Å². The molecule has 82 valence electrons. The molecule has 1 saturated carbocycles. The average molecular weight is 198 g/mol. The van der Waals surface area contributed by atoms with Crippen LogP contribution in [0.15, 0.2) is 0 Å². The monoisotopic (exact) mass is 198 g/mol. The van der Waals surface area contributed by atoms with Crippen molar-refractivity contribution in [3.8, 4) is 0 Å². The Kier molecular flexibility index (Phi) is 4.94. The van der Waals surface area contributed by atoms with Gasteiger partial charge < -0.3 is 10.6 Å². The standard InChI is InChI=1S/C11H22N2O/c1-9(13-11(14)8-12-2)10-6-4-3-5-7-10/h9-10,12H,3-8H2,1-2H3,(H,13,14). The molecule has 14 heavy (non-hydrogen) atoms. The first-order valence-corrected chi connectivity index (χ1v) is 5.68. The largest absolute Gasteiger partial charge is 0.352 e. The quantitative estimate of drug-likeness (QED) is 0.714. The van der Waals surface area contributed by atoms with E-state index in [0.717, 1.165) is 0 Å². The predicted molar refractivity (Wildman–Crippen MR) is 58.1 cm³/mol. The summed E-state index contributed by atoms with van der Waals surface area (Å²) in [6.07, 6.45) is 6.59. The fourth-order valence-corrected chi connectivity index (χ4v) is 2.22. The van der Waals surface area contributed by atoms with Gasteiger partial charge in [0.15, 0.2) is 0 Å². The average Bonchev–Trinajstić information content (AvgIpc) is 2.19. The van der Waals surface area contributed by atoms with E-state index in [-0.39, 0.29) is 5.91 Å². The molecule has 1 rings (SSSR count). The Morgan fingerprint density at radius 2 is 2.00 bits per heavy atom. The highest BCUT2D eigenvalue weighted by molar-refractivity contribution is 5.78. The van der Waals surface area contributed by atoms with Crippen molar-refractivity contribution in [2.24, 2.45) is 5.92 Å². The van der Waals surface area contributed by atoms with E-state index in [0.29, 0.717) is 18.5 Å². The molecule has 3 nitrogen and oxygen atoms in total. The maximum atomic E-state index is 11.3. The van der Waals surface area contributed by atoms with Crippen molar-refractivity contribution in [3.63, 3.8) is 0 Å². The number of rotatable bonds is 4. The van der Waals surface area contributed by atoms with Crippen LogP contribution in [0.5, 0.6) is 0 Å². The minimum atomic E-state index is 0.116. The van der Waals surface area contributed by atoms with E-state index in [1.807, 2.05) is 0 Å². The van der Waals surface area contributed by atoms with E-state index in [1.54, 1.807) is 7.05 Å². The molecule has 0 saturated heterocycles. The molecule has 0 radical (unpaired) electrons. The minimum Gasteiger partial charge on any atom is -0.352 e. The van der Waals surface area contributed by atoms with Gasteiger partial charge in [-0.25, -0.2) is 0 Å². The third kappa shape index (κ3) is 3.66. The number of carbonyl (C=O) groups is 1. The second kappa shape index (κ2) is 6.02.